The Kier molecular flexibility index (Phi) is 7.92. The van der Waals surface area contributed by atoms with E-state index in [1.54, 1.807) is 24.4 Å². The van der Waals surface area contributed by atoms with Crippen molar-refractivity contribution >= 4 is 29.7 Å². The first-order valence-corrected chi connectivity index (χ1v) is 10.6. The maximum absolute atomic E-state index is 12.5. The quantitative estimate of drug-likeness (QED) is 0.147. The molecule has 0 unspecified atom stereocenters. The van der Waals surface area contributed by atoms with E-state index >= 15 is 0 Å². The molecule has 0 radical (unpaired) electrons. The zero-order valence-electron chi connectivity index (χ0n) is 17.9. The van der Waals surface area contributed by atoms with Gasteiger partial charge in [0.25, 0.3) is 5.95 Å². The molecule has 11 heteroatoms. The molecule has 32 heavy (non-hydrogen) atoms. The van der Waals surface area contributed by atoms with Crippen LogP contribution in [0.25, 0.3) is 0 Å². The number of nitrogens with zero attached hydrogens (tertiary/aromatic N) is 4. The number of methoxy groups -OCH3 is 2. The van der Waals surface area contributed by atoms with Crippen molar-refractivity contribution in [1.82, 2.24) is 14.9 Å². The second-order valence-corrected chi connectivity index (χ2v) is 7.27. The summed E-state index contributed by atoms with van der Waals surface area (Å²) < 4.78 is 17.1. The molecule has 0 aliphatic rings. The van der Waals surface area contributed by atoms with E-state index in [1.807, 2.05) is 31.2 Å². The maximum atomic E-state index is 12.5. The number of hydrazone groups is 1. The second kappa shape index (κ2) is 11.0. The normalized spacial score (nSPS) is 10.8. The van der Waals surface area contributed by atoms with Crippen molar-refractivity contribution in [3.05, 3.63) is 53.6 Å². The summed E-state index contributed by atoms with van der Waals surface area (Å²) in [4.78, 5) is 12.5. The van der Waals surface area contributed by atoms with Gasteiger partial charge in [-0.1, -0.05) is 11.8 Å². The summed E-state index contributed by atoms with van der Waals surface area (Å²) in [6, 6.07) is 12.5. The summed E-state index contributed by atoms with van der Waals surface area (Å²) in [5.41, 5.74) is 4.11. The van der Waals surface area contributed by atoms with Gasteiger partial charge in [0.15, 0.2) is 17.3 Å². The van der Waals surface area contributed by atoms with Gasteiger partial charge in [0.05, 0.1) is 32.8 Å². The molecule has 0 bridgehead atoms. The number of rotatable bonds is 11. The fraction of sp³-hybridized carbons (Fsp3) is 0.238. The Balaban J connectivity index is 1.57. The molecule has 0 saturated carbocycles. The van der Waals surface area contributed by atoms with Crippen molar-refractivity contribution in [2.24, 2.45) is 5.10 Å². The Morgan fingerprint density at radius 2 is 1.91 bits per heavy atom. The van der Waals surface area contributed by atoms with E-state index in [9.17, 15) is 4.79 Å². The topological polar surface area (TPSA) is 126 Å². The van der Waals surface area contributed by atoms with Crippen LogP contribution in [0.3, 0.4) is 0 Å². The van der Waals surface area contributed by atoms with Crippen LogP contribution < -0.4 is 25.5 Å². The standard InChI is InChI=1S/C21H24N6O4S/c1-4-31-16-8-5-14(6-9-16)12-23-24-20-25-26-21(27(20)22)32-13-17(28)15-7-10-18(29-2)19(11-15)30-3/h5-12H,4,13,22H2,1-3H3,(H,24,25)/b23-12+. The van der Waals surface area contributed by atoms with Crippen LogP contribution in [0.4, 0.5) is 5.95 Å². The highest BCUT2D eigenvalue weighted by Gasteiger charge is 2.15. The molecule has 0 atom stereocenters. The molecule has 0 fully saturated rings. The molecule has 0 amide bonds. The summed E-state index contributed by atoms with van der Waals surface area (Å²) in [5.74, 6) is 8.11. The molecular formula is C21H24N6O4S. The number of hydrogen-bond acceptors (Lipinski definition) is 10. The fourth-order valence-electron chi connectivity index (χ4n) is 2.66. The van der Waals surface area contributed by atoms with Gasteiger partial charge in [-0.2, -0.15) is 5.10 Å². The van der Waals surface area contributed by atoms with Gasteiger partial charge in [-0.15, -0.1) is 10.2 Å². The van der Waals surface area contributed by atoms with E-state index in [1.165, 1.54) is 30.7 Å². The van der Waals surface area contributed by atoms with Crippen LogP contribution in [-0.4, -0.2) is 53.5 Å². The predicted molar refractivity (Wildman–Crippen MR) is 124 cm³/mol. The summed E-state index contributed by atoms with van der Waals surface area (Å²) in [7, 11) is 3.06. The number of carbonyl (C=O) groups excluding carboxylic acids is 1. The van der Waals surface area contributed by atoms with Crippen molar-refractivity contribution in [3.8, 4) is 17.2 Å². The van der Waals surface area contributed by atoms with E-state index in [4.69, 9.17) is 20.1 Å². The van der Waals surface area contributed by atoms with E-state index in [0.29, 0.717) is 28.8 Å². The van der Waals surface area contributed by atoms with Gasteiger partial charge in [0, 0.05) is 5.56 Å². The van der Waals surface area contributed by atoms with Gasteiger partial charge in [-0.3, -0.25) is 4.79 Å². The van der Waals surface area contributed by atoms with Crippen molar-refractivity contribution in [2.75, 3.05) is 37.8 Å². The molecule has 0 aliphatic heterocycles. The van der Waals surface area contributed by atoms with Gasteiger partial charge in [-0.05, 0) is 55.0 Å². The van der Waals surface area contributed by atoms with Crippen LogP contribution in [0.5, 0.6) is 17.2 Å². The van der Waals surface area contributed by atoms with Crippen molar-refractivity contribution in [2.45, 2.75) is 12.1 Å². The van der Waals surface area contributed by atoms with E-state index < -0.39 is 0 Å². The number of ketones is 1. The fourth-order valence-corrected chi connectivity index (χ4v) is 3.41. The summed E-state index contributed by atoms with van der Waals surface area (Å²) in [6.07, 6.45) is 1.62. The zero-order chi connectivity index (χ0) is 22.9. The van der Waals surface area contributed by atoms with E-state index in [2.05, 4.69) is 20.7 Å². The molecule has 0 aliphatic carbocycles. The average Bonchev–Trinajstić information content (AvgIpc) is 3.17. The van der Waals surface area contributed by atoms with Crippen LogP contribution in [0.1, 0.15) is 22.8 Å². The maximum Gasteiger partial charge on any atom is 0.264 e. The Bertz CT molecular complexity index is 1080. The minimum atomic E-state index is -0.109. The minimum Gasteiger partial charge on any atom is -0.494 e. The molecule has 3 aromatic rings. The van der Waals surface area contributed by atoms with Crippen LogP contribution in [-0.2, 0) is 0 Å². The first kappa shape index (κ1) is 22.9. The number of nitrogens with one attached hydrogen (secondary N) is 1. The Hall–Kier alpha value is -3.73. The minimum absolute atomic E-state index is 0.109. The van der Waals surface area contributed by atoms with Gasteiger partial charge in [0.1, 0.15) is 5.75 Å². The number of aromatic nitrogens is 3. The predicted octanol–water partition coefficient (Wildman–Crippen LogP) is 2.83. The molecule has 3 rings (SSSR count). The van der Waals surface area contributed by atoms with Crippen molar-refractivity contribution in [3.63, 3.8) is 0 Å². The van der Waals surface area contributed by atoms with Crippen LogP contribution in [0.15, 0.2) is 52.7 Å². The molecule has 0 saturated heterocycles. The third-order valence-corrected chi connectivity index (χ3v) is 5.21. The van der Waals surface area contributed by atoms with Crippen molar-refractivity contribution < 1.29 is 19.0 Å². The number of nitrogen functional groups attached to an aromatic ring is 1. The monoisotopic (exact) mass is 456 g/mol. The molecule has 1 aromatic heterocycles. The average molecular weight is 457 g/mol. The highest BCUT2D eigenvalue weighted by molar-refractivity contribution is 7.99. The molecule has 168 valence electrons. The molecule has 3 N–H and O–H groups in total. The van der Waals surface area contributed by atoms with Crippen LogP contribution in [0, 0.1) is 0 Å². The number of ether oxygens (including phenoxy) is 3. The van der Waals surface area contributed by atoms with Gasteiger partial charge >= 0.3 is 0 Å². The first-order valence-electron chi connectivity index (χ1n) is 9.66. The lowest BCUT2D eigenvalue weighted by Gasteiger charge is -2.09. The molecule has 0 spiro atoms. The number of hydrogen-bond donors (Lipinski definition) is 2. The molecular weight excluding hydrogens is 432 g/mol. The summed E-state index contributed by atoms with van der Waals surface area (Å²) in [5, 5.41) is 12.5. The highest BCUT2D eigenvalue weighted by atomic mass is 32.2. The van der Waals surface area contributed by atoms with Crippen LogP contribution in [0.2, 0.25) is 0 Å². The van der Waals surface area contributed by atoms with E-state index in [-0.39, 0.29) is 17.5 Å². The third kappa shape index (κ3) is 5.70. The third-order valence-electron chi connectivity index (χ3n) is 4.27. The summed E-state index contributed by atoms with van der Waals surface area (Å²) >= 11 is 1.17. The lowest BCUT2D eigenvalue weighted by molar-refractivity contribution is 0.102. The number of nitrogens with two attached hydrogens (primary N) is 1. The highest BCUT2D eigenvalue weighted by Crippen LogP contribution is 2.28. The smallest absolute Gasteiger partial charge is 0.264 e. The van der Waals surface area contributed by atoms with Crippen LogP contribution >= 0.6 is 11.8 Å². The molecule has 1 heterocycles. The summed E-state index contributed by atoms with van der Waals surface area (Å²) in [6.45, 7) is 2.54. The Morgan fingerprint density at radius 3 is 2.59 bits per heavy atom. The first-order chi connectivity index (χ1) is 15.5. The molecule has 10 nitrogen and oxygen atoms in total. The van der Waals surface area contributed by atoms with E-state index in [0.717, 1.165) is 11.3 Å². The second-order valence-electron chi connectivity index (χ2n) is 6.33. The molecule has 2 aromatic carbocycles. The number of benzene rings is 2. The Morgan fingerprint density at radius 1 is 1.16 bits per heavy atom. The SMILES string of the molecule is CCOc1ccc(/C=N/Nc2nnc(SCC(=O)c3ccc(OC)c(OC)c3)n2N)cc1. The lowest BCUT2D eigenvalue weighted by Crippen LogP contribution is -2.14. The number of carbonyl (C=O) groups is 1. The Labute approximate surface area is 189 Å². The van der Waals surface area contributed by atoms with Gasteiger partial charge in [0.2, 0.25) is 5.16 Å². The van der Waals surface area contributed by atoms with Gasteiger partial charge < -0.3 is 20.1 Å². The zero-order valence-corrected chi connectivity index (χ0v) is 18.8. The lowest BCUT2D eigenvalue weighted by atomic mass is 10.1. The number of anilines is 1. The van der Waals surface area contributed by atoms with Gasteiger partial charge in [-0.25, -0.2) is 10.1 Å². The number of thioether (sulfide) groups is 1. The van der Waals surface area contributed by atoms with Crippen molar-refractivity contribution in [1.29, 1.82) is 0 Å². The number of Topliss-reactive ketones (excluding diaryl/α,β-unsaturated/α-hetero) is 1. The largest absolute Gasteiger partial charge is 0.494 e.